The zero-order chi connectivity index (χ0) is 15.2. The molecule has 0 aliphatic heterocycles. The summed E-state index contributed by atoms with van der Waals surface area (Å²) in [6.45, 7) is 4.03. The highest BCUT2D eigenvalue weighted by Crippen LogP contribution is 2.17. The lowest BCUT2D eigenvalue weighted by Crippen LogP contribution is -2.17. The molecule has 0 bridgehead atoms. The molecule has 6 nitrogen and oxygen atoms in total. The van der Waals surface area contributed by atoms with Gasteiger partial charge < -0.3 is 5.11 Å². The first-order chi connectivity index (χ1) is 10.1. The lowest BCUT2D eigenvalue weighted by atomic mass is 10.0. The van der Waals surface area contributed by atoms with Crippen molar-refractivity contribution in [3.05, 3.63) is 41.2 Å². The van der Waals surface area contributed by atoms with Crippen molar-refractivity contribution in [2.75, 3.05) is 0 Å². The molecule has 0 spiro atoms. The maximum atomic E-state index is 10.9. The van der Waals surface area contributed by atoms with Crippen molar-refractivity contribution in [1.82, 2.24) is 20.2 Å². The highest BCUT2D eigenvalue weighted by atomic mass is 16.4. The van der Waals surface area contributed by atoms with Crippen molar-refractivity contribution in [3.63, 3.8) is 0 Å². The lowest BCUT2D eigenvalue weighted by molar-refractivity contribution is -0.138. The van der Waals surface area contributed by atoms with E-state index in [0.717, 1.165) is 12.2 Å². The minimum absolute atomic E-state index is 0.0406. The number of aromatic nitrogens is 4. The van der Waals surface area contributed by atoms with Gasteiger partial charge in [-0.05, 0) is 41.3 Å². The number of hydrogen-bond donors (Lipinski definition) is 1. The zero-order valence-electron chi connectivity index (χ0n) is 12.4. The Morgan fingerprint density at radius 3 is 2.76 bits per heavy atom. The third kappa shape index (κ3) is 3.87. The van der Waals surface area contributed by atoms with Crippen molar-refractivity contribution >= 4 is 5.97 Å². The van der Waals surface area contributed by atoms with Gasteiger partial charge >= 0.3 is 5.97 Å². The summed E-state index contributed by atoms with van der Waals surface area (Å²) in [7, 11) is 0. The van der Waals surface area contributed by atoms with Crippen LogP contribution >= 0.6 is 0 Å². The molecule has 2 aromatic rings. The quantitative estimate of drug-likeness (QED) is 0.844. The van der Waals surface area contributed by atoms with Crippen LogP contribution in [0, 0.1) is 6.92 Å². The number of benzene rings is 1. The number of aliphatic carboxylic acids is 1. The van der Waals surface area contributed by atoms with Gasteiger partial charge in [0, 0.05) is 6.42 Å². The first kappa shape index (κ1) is 15.2. The number of carboxylic acid groups (broad SMARTS) is 1. The Labute approximate surface area is 123 Å². The number of aryl methyl sites for hydroxylation is 3. The summed E-state index contributed by atoms with van der Waals surface area (Å²) < 4.78 is 1.66. The molecule has 1 atom stereocenters. The van der Waals surface area contributed by atoms with E-state index in [4.69, 9.17) is 5.11 Å². The molecule has 0 aliphatic carbocycles. The van der Waals surface area contributed by atoms with Gasteiger partial charge in [-0.2, -0.15) is 0 Å². The Morgan fingerprint density at radius 1 is 1.33 bits per heavy atom. The predicted molar refractivity (Wildman–Crippen MR) is 78.0 cm³/mol. The molecule has 1 N–H and O–H groups in total. The average Bonchev–Trinajstić information content (AvgIpc) is 2.92. The third-order valence-corrected chi connectivity index (χ3v) is 3.67. The van der Waals surface area contributed by atoms with Crippen LogP contribution in [0.2, 0.25) is 0 Å². The van der Waals surface area contributed by atoms with Crippen LogP contribution in [0.5, 0.6) is 0 Å². The first-order valence-corrected chi connectivity index (χ1v) is 7.14. The van der Waals surface area contributed by atoms with Gasteiger partial charge in [-0.25, -0.2) is 4.68 Å². The van der Waals surface area contributed by atoms with Crippen LogP contribution < -0.4 is 0 Å². The van der Waals surface area contributed by atoms with Gasteiger partial charge in [-0.1, -0.05) is 31.2 Å². The number of carbonyl (C=O) groups is 1. The first-order valence-electron chi connectivity index (χ1n) is 7.14. The minimum Gasteiger partial charge on any atom is -0.481 e. The van der Waals surface area contributed by atoms with E-state index in [1.807, 2.05) is 19.1 Å². The molecule has 2 rings (SSSR count). The Hall–Kier alpha value is -2.24. The third-order valence-electron chi connectivity index (χ3n) is 3.67. The normalized spacial score (nSPS) is 12.3. The minimum atomic E-state index is -0.831. The highest BCUT2D eigenvalue weighted by Gasteiger charge is 2.18. The maximum Gasteiger partial charge on any atom is 0.305 e. The Bertz CT molecular complexity index is 609. The molecule has 1 unspecified atom stereocenters. The van der Waals surface area contributed by atoms with Crippen molar-refractivity contribution in [2.45, 2.75) is 45.6 Å². The molecule has 0 aliphatic rings. The standard InChI is InChI=1S/C15H20N4O2/c1-3-13(10-15(20)21)19-14(16-17-18-19)9-8-12-7-5-4-6-11(12)2/h4-7,13H,3,8-10H2,1-2H3,(H,20,21). The van der Waals surface area contributed by atoms with Gasteiger partial charge in [-0.15, -0.1) is 5.10 Å². The van der Waals surface area contributed by atoms with E-state index < -0.39 is 5.97 Å². The topological polar surface area (TPSA) is 80.9 Å². The van der Waals surface area contributed by atoms with E-state index in [1.54, 1.807) is 4.68 Å². The second-order valence-electron chi connectivity index (χ2n) is 5.13. The summed E-state index contributed by atoms with van der Waals surface area (Å²) in [5.74, 6) is -0.0893. The van der Waals surface area contributed by atoms with Gasteiger partial charge in [0.25, 0.3) is 0 Å². The fourth-order valence-corrected chi connectivity index (χ4v) is 2.40. The summed E-state index contributed by atoms with van der Waals surface area (Å²) in [5.41, 5.74) is 2.51. The van der Waals surface area contributed by atoms with E-state index >= 15 is 0 Å². The number of carboxylic acids is 1. The van der Waals surface area contributed by atoms with Gasteiger partial charge in [0.05, 0.1) is 12.5 Å². The molecule has 21 heavy (non-hydrogen) atoms. The summed E-state index contributed by atoms with van der Waals surface area (Å²) in [6.07, 6.45) is 2.28. The van der Waals surface area contributed by atoms with Gasteiger partial charge in [-0.3, -0.25) is 4.79 Å². The molecule has 0 saturated heterocycles. The van der Waals surface area contributed by atoms with Crippen LogP contribution in [-0.4, -0.2) is 31.3 Å². The van der Waals surface area contributed by atoms with Gasteiger partial charge in [0.15, 0.2) is 5.82 Å². The van der Waals surface area contributed by atoms with Crippen LogP contribution in [0.3, 0.4) is 0 Å². The largest absolute Gasteiger partial charge is 0.481 e. The fraction of sp³-hybridized carbons (Fsp3) is 0.467. The van der Waals surface area contributed by atoms with Crippen LogP contribution in [0.15, 0.2) is 24.3 Å². The fourth-order valence-electron chi connectivity index (χ4n) is 2.40. The molecular weight excluding hydrogens is 268 g/mol. The van der Waals surface area contributed by atoms with E-state index in [0.29, 0.717) is 12.8 Å². The van der Waals surface area contributed by atoms with Crippen LogP contribution in [-0.2, 0) is 17.6 Å². The Morgan fingerprint density at radius 2 is 2.10 bits per heavy atom. The second kappa shape index (κ2) is 6.97. The Balaban J connectivity index is 2.10. The lowest BCUT2D eigenvalue weighted by Gasteiger charge is -2.14. The molecular formula is C15H20N4O2. The summed E-state index contributed by atoms with van der Waals surface area (Å²) in [5, 5.41) is 20.7. The number of rotatable bonds is 7. The molecule has 1 heterocycles. The molecule has 0 saturated carbocycles. The summed E-state index contributed by atoms with van der Waals surface area (Å²) >= 11 is 0. The molecule has 0 fully saturated rings. The zero-order valence-corrected chi connectivity index (χ0v) is 12.4. The molecule has 6 heteroatoms. The molecule has 1 aromatic carbocycles. The molecule has 1 aromatic heterocycles. The van der Waals surface area contributed by atoms with Crippen molar-refractivity contribution in [3.8, 4) is 0 Å². The average molecular weight is 288 g/mol. The van der Waals surface area contributed by atoms with Crippen LogP contribution in [0.25, 0.3) is 0 Å². The van der Waals surface area contributed by atoms with Gasteiger partial charge in [0.1, 0.15) is 0 Å². The van der Waals surface area contributed by atoms with Crippen molar-refractivity contribution in [1.29, 1.82) is 0 Å². The predicted octanol–water partition coefficient (Wildman–Crippen LogP) is 2.19. The van der Waals surface area contributed by atoms with E-state index in [1.165, 1.54) is 11.1 Å². The van der Waals surface area contributed by atoms with E-state index in [-0.39, 0.29) is 12.5 Å². The van der Waals surface area contributed by atoms with Crippen LogP contribution in [0.1, 0.15) is 42.8 Å². The molecule has 112 valence electrons. The Kier molecular flexibility index (Phi) is 5.03. The summed E-state index contributed by atoms with van der Waals surface area (Å²) in [4.78, 5) is 10.9. The second-order valence-corrected chi connectivity index (χ2v) is 5.13. The maximum absolute atomic E-state index is 10.9. The highest BCUT2D eigenvalue weighted by molar-refractivity contribution is 5.67. The smallest absolute Gasteiger partial charge is 0.305 e. The monoisotopic (exact) mass is 288 g/mol. The molecule has 0 amide bonds. The van der Waals surface area contributed by atoms with E-state index in [2.05, 4.69) is 34.6 Å². The number of hydrogen-bond acceptors (Lipinski definition) is 4. The summed E-state index contributed by atoms with van der Waals surface area (Å²) in [6, 6.07) is 8.02. The SMILES string of the molecule is CCC(CC(=O)O)n1nnnc1CCc1ccccc1C. The number of nitrogens with zero attached hydrogens (tertiary/aromatic N) is 4. The van der Waals surface area contributed by atoms with E-state index in [9.17, 15) is 4.79 Å². The van der Waals surface area contributed by atoms with Crippen molar-refractivity contribution in [2.24, 2.45) is 0 Å². The molecule has 0 radical (unpaired) electrons. The van der Waals surface area contributed by atoms with Crippen molar-refractivity contribution < 1.29 is 9.90 Å². The number of tetrazole rings is 1. The van der Waals surface area contributed by atoms with Gasteiger partial charge in [0.2, 0.25) is 0 Å². The van der Waals surface area contributed by atoms with Crippen LogP contribution in [0.4, 0.5) is 0 Å².